The Morgan fingerprint density at radius 3 is 2.40 bits per heavy atom. The molecule has 0 amide bonds. The zero-order valence-corrected chi connectivity index (χ0v) is 10.9. The first-order valence-electron chi connectivity index (χ1n) is 5.13. The van der Waals surface area contributed by atoms with Gasteiger partial charge in [0.1, 0.15) is 0 Å². The van der Waals surface area contributed by atoms with Gasteiger partial charge in [-0.25, -0.2) is 0 Å². The molecule has 3 heteroatoms. The zero-order chi connectivity index (χ0) is 11.6. The summed E-state index contributed by atoms with van der Waals surface area (Å²) in [6.07, 6.45) is 0. The number of aryl methyl sites for hydroxylation is 2. The molecule has 0 radical (unpaired) electrons. The lowest BCUT2D eigenvalue weighted by atomic mass is 10.2. The maximum Gasteiger partial charge on any atom is 0.174 e. The first kappa shape index (κ1) is 12.4. The lowest BCUT2D eigenvalue weighted by Crippen LogP contribution is -2.13. The van der Waals surface area contributed by atoms with E-state index < -0.39 is 0 Å². The summed E-state index contributed by atoms with van der Waals surface area (Å²) in [5.41, 5.74) is 2.87. The van der Waals surface area contributed by atoms with Crippen LogP contribution in [0.15, 0.2) is 6.07 Å². The van der Waals surface area contributed by atoms with E-state index in [-0.39, 0.29) is 10.5 Å². The summed E-state index contributed by atoms with van der Waals surface area (Å²) < 4.78 is 0.148. The van der Waals surface area contributed by atoms with Crippen molar-refractivity contribution in [2.45, 2.75) is 39.4 Å². The number of hydrogen-bond acceptors (Lipinski definition) is 2. The topological polar surface area (TPSA) is 32.9 Å². The van der Waals surface area contributed by atoms with E-state index >= 15 is 0 Å². The number of carbonyl (C=O) groups is 1. The van der Waals surface area contributed by atoms with Gasteiger partial charge < -0.3 is 4.98 Å². The van der Waals surface area contributed by atoms with Crippen LogP contribution in [0.25, 0.3) is 0 Å². The first-order chi connectivity index (χ1) is 6.79. The molecule has 1 heterocycles. The van der Waals surface area contributed by atoms with E-state index in [4.69, 9.17) is 0 Å². The fourth-order valence-electron chi connectivity index (χ4n) is 1.37. The maximum absolute atomic E-state index is 11.9. The molecule has 1 rings (SSSR count). The number of H-pyrrole nitrogens is 1. The summed E-state index contributed by atoms with van der Waals surface area (Å²) in [4.78, 5) is 15.0. The first-order valence-corrected chi connectivity index (χ1v) is 6.11. The maximum atomic E-state index is 11.9. The Hall–Kier alpha value is -0.700. The normalized spacial score (nSPS) is 11.8. The lowest BCUT2D eigenvalue weighted by molar-refractivity contribution is 0.102. The molecule has 1 N–H and O–H groups in total. The van der Waals surface area contributed by atoms with Crippen molar-refractivity contribution in [3.63, 3.8) is 0 Å². The summed E-state index contributed by atoms with van der Waals surface area (Å²) in [6, 6.07) is 1.93. The number of hydrogen-bond donors (Lipinski definition) is 1. The summed E-state index contributed by atoms with van der Waals surface area (Å²) >= 11 is 1.69. The van der Waals surface area contributed by atoms with E-state index in [2.05, 4.69) is 25.8 Å². The Balaban J connectivity index is 2.66. The Bertz CT molecular complexity index is 360. The SMILES string of the molecule is Cc1cc(C(=O)CSC(C)(C)C)c(C)[nH]1. The van der Waals surface area contributed by atoms with Crippen LogP contribution in [0.3, 0.4) is 0 Å². The van der Waals surface area contributed by atoms with Gasteiger partial charge in [0.2, 0.25) is 0 Å². The standard InChI is InChI=1S/C12H19NOS/c1-8-6-10(9(2)13-8)11(14)7-15-12(3,4)5/h6,13H,7H2,1-5H3. The minimum absolute atomic E-state index is 0.148. The Morgan fingerprint density at radius 1 is 1.40 bits per heavy atom. The quantitative estimate of drug-likeness (QED) is 0.800. The van der Waals surface area contributed by atoms with E-state index in [0.717, 1.165) is 17.0 Å². The van der Waals surface area contributed by atoms with E-state index in [1.807, 2.05) is 19.9 Å². The van der Waals surface area contributed by atoms with E-state index in [1.165, 1.54) is 0 Å². The van der Waals surface area contributed by atoms with E-state index in [9.17, 15) is 4.79 Å². The highest BCUT2D eigenvalue weighted by molar-refractivity contribution is 8.01. The molecule has 1 aromatic rings. The third kappa shape index (κ3) is 3.74. The Labute approximate surface area is 95.8 Å². The Kier molecular flexibility index (Phi) is 3.66. The second-order valence-electron chi connectivity index (χ2n) is 4.82. The molecule has 0 aromatic carbocycles. The number of ketones is 1. The number of Topliss-reactive ketones (excluding diaryl/α,β-unsaturated/α-hetero) is 1. The number of aromatic amines is 1. The van der Waals surface area contributed by atoms with Gasteiger partial charge in [0.25, 0.3) is 0 Å². The zero-order valence-electron chi connectivity index (χ0n) is 10.1. The smallest absolute Gasteiger partial charge is 0.174 e. The second kappa shape index (κ2) is 4.44. The van der Waals surface area contributed by atoms with Crippen LogP contribution in [0.1, 0.15) is 42.5 Å². The minimum atomic E-state index is 0.148. The Morgan fingerprint density at radius 2 is 2.00 bits per heavy atom. The highest BCUT2D eigenvalue weighted by Crippen LogP contribution is 2.24. The van der Waals surface area contributed by atoms with Gasteiger partial charge in [-0.2, -0.15) is 0 Å². The fourth-order valence-corrected chi connectivity index (χ4v) is 2.09. The van der Waals surface area contributed by atoms with Gasteiger partial charge in [-0.1, -0.05) is 20.8 Å². The summed E-state index contributed by atoms with van der Waals surface area (Å²) in [6.45, 7) is 10.3. The van der Waals surface area contributed by atoms with Gasteiger partial charge in [-0.3, -0.25) is 4.79 Å². The average molecular weight is 225 g/mol. The number of nitrogens with one attached hydrogen (secondary N) is 1. The molecule has 2 nitrogen and oxygen atoms in total. The van der Waals surface area contributed by atoms with Gasteiger partial charge in [0.05, 0.1) is 5.75 Å². The van der Waals surface area contributed by atoms with Crippen LogP contribution in [0.5, 0.6) is 0 Å². The third-order valence-electron chi connectivity index (χ3n) is 2.09. The van der Waals surface area contributed by atoms with Crippen molar-refractivity contribution in [2.75, 3.05) is 5.75 Å². The lowest BCUT2D eigenvalue weighted by Gasteiger charge is -2.16. The van der Waals surface area contributed by atoms with Crippen molar-refractivity contribution in [2.24, 2.45) is 0 Å². The van der Waals surface area contributed by atoms with E-state index in [0.29, 0.717) is 5.75 Å². The molecule has 0 fully saturated rings. The van der Waals surface area contributed by atoms with Crippen LogP contribution >= 0.6 is 11.8 Å². The van der Waals surface area contributed by atoms with Gasteiger partial charge in [-0.15, -0.1) is 11.8 Å². The van der Waals surface area contributed by atoms with Gasteiger partial charge in [0.15, 0.2) is 5.78 Å². The van der Waals surface area contributed by atoms with Crippen LogP contribution in [0, 0.1) is 13.8 Å². The minimum Gasteiger partial charge on any atom is -0.362 e. The van der Waals surface area contributed by atoms with Crippen LogP contribution in [-0.2, 0) is 0 Å². The van der Waals surface area contributed by atoms with Crippen LogP contribution < -0.4 is 0 Å². The highest BCUT2D eigenvalue weighted by atomic mass is 32.2. The van der Waals surface area contributed by atoms with Gasteiger partial charge in [-0.05, 0) is 19.9 Å². The monoisotopic (exact) mass is 225 g/mol. The van der Waals surface area contributed by atoms with Gasteiger partial charge >= 0.3 is 0 Å². The average Bonchev–Trinajstić information content (AvgIpc) is 2.40. The number of carbonyl (C=O) groups excluding carboxylic acids is 1. The van der Waals surface area contributed by atoms with Crippen molar-refractivity contribution in [1.29, 1.82) is 0 Å². The van der Waals surface area contributed by atoms with Crippen molar-refractivity contribution in [3.05, 3.63) is 23.0 Å². The molecule has 0 bridgehead atoms. The highest BCUT2D eigenvalue weighted by Gasteiger charge is 2.16. The van der Waals surface area contributed by atoms with Crippen LogP contribution in [0.4, 0.5) is 0 Å². The van der Waals surface area contributed by atoms with Crippen molar-refractivity contribution >= 4 is 17.5 Å². The predicted molar refractivity (Wildman–Crippen MR) is 66.8 cm³/mol. The number of thioether (sulfide) groups is 1. The summed E-state index contributed by atoms with van der Waals surface area (Å²) in [5.74, 6) is 0.776. The summed E-state index contributed by atoms with van der Waals surface area (Å²) in [5, 5.41) is 0. The third-order valence-corrected chi connectivity index (χ3v) is 3.36. The molecule has 0 atom stereocenters. The molecular formula is C12H19NOS. The molecule has 0 aliphatic heterocycles. The molecule has 0 saturated carbocycles. The molecule has 15 heavy (non-hydrogen) atoms. The fraction of sp³-hybridized carbons (Fsp3) is 0.583. The summed E-state index contributed by atoms with van der Waals surface area (Å²) in [7, 11) is 0. The largest absolute Gasteiger partial charge is 0.362 e. The second-order valence-corrected chi connectivity index (χ2v) is 6.62. The van der Waals surface area contributed by atoms with Crippen molar-refractivity contribution in [3.8, 4) is 0 Å². The molecule has 1 aromatic heterocycles. The van der Waals surface area contributed by atoms with Gasteiger partial charge in [0, 0.05) is 21.7 Å². The molecular weight excluding hydrogens is 206 g/mol. The van der Waals surface area contributed by atoms with E-state index in [1.54, 1.807) is 11.8 Å². The molecule has 84 valence electrons. The molecule has 0 unspecified atom stereocenters. The predicted octanol–water partition coefficient (Wildman–Crippen LogP) is 3.35. The number of aromatic nitrogens is 1. The number of rotatable bonds is 3. The van der Waals surface area contributed by atoms with Crippen molar-refractivity contribution in [1.82, 2.24) is 4.98 Å². The molecule has 0 saturated heterocycles. The molecule has 0 spiro atoms. The van der Waals surface area contributed by atoms with Crippen LogP contribution in [-0.4, -0.2) is 21.3 Å². The van der Waals surface area contributed by atoms with Crippen molar-refractivity contribution < 1.29 is 4.79 Å². The van der Waals surface area contributed by atoms with Crippen LogP contribution in [0.2, 0.25) is 0 Å². The molecule has 0 aliphatic rings. The molecule has 0 aliphatic carbocycles.